The Bertz CT molecular complexity index is 577. The number of nitrogens with one attached hydrogen (secondary N) is 1. The second kappa shape index (κ2) is 8.08. The van der Waals surface area contributed by atoms with E-state index in [9.17, 15) is 14.4 Å². The lowest BCUT2D eigenvalue weighted by atomic mass is 10.1. The lowest BCUT2D eigenvalue weighted by Crippen LogP contribution is -2.49. The number of benzene rings is 1. The van der Waals surface area contributed by atoms with Crippen LogP contribution >= 0.6 is 12.4 Å². The third kappa shape index (κ3) is 4.53. The van der Waals surface area contributed by atoms with Crippen molar-refractivity contribution in [1.82, 2.24) is 10.2 Å². The molecule has 3 amide bonds. The third-order valence-corrected chi connectivity index (χ3v) is 3.65. The molecule has 1 aliphatic rings. The summed E-state index contributed by atoms with van der Waals surface area (Å²) in [4.78, 5) is 37.2. The zero-order valence-electron chi connectivity index (χ0n) is 13.2. The normalized spacial score (nSPS) is 18.8. The Balaban J connectivity index is 0.00000264. The van der Waals surface area contributed by atoms with Gasteiger partial charge in [0.05, 0.1) is 12.5 Å². The summed E-state index contributed by atoms with van der Waals surface area (Å²) in [7, 11) is 0. The fourth-order valence-electron chi connectivity index (χ4n) is 2.55. The highest BCUT2D eigenvalue weighted by molar-refractivity contribution is 6.07. The number of carbonyl (C=O) groups is 3. The maximum Gasteiger partial charge on any atom is 0.252 e. The average Bonchev–Trinajstić information content (AvgIpc) is 2.74. The minimum absolute atomic E-state index is 0. The van der Waals surface area contributed by atoms with Gasteiger partial charge in [-0.2, -0.15) is 0 Å². The second-order valence-electron chi connectivity index (χ2n) is 5.76. The summed E-state index contributed by atoms with van der Waals surface area (Å²) in [6, 6.07) is 7.65. The van der Waals surface area contributed by atoms with Crippen molar-refractivity contribution in [2.75, 3.05) is 0 Å². The molecule has 7 heteroatoms. The molecule has 0 saturated carbocycles. The van der Waals surface area contributed by atoms with Gasteiger partial charge in [0.1, 0.15) is 6.04 Å². The van der Waals surface area contributed by atoms with Gasteiger partial charge in [-0.1, -0.05) is 30.3 Å². The first-order valence-corrected chi connectivity index (χ1v) is 7.36. The number of hydrogen-bond acceptors (Lipinski definition) is 4. The predicted octanol–water partition coefficient (Wildman–Crippen LogP) is 0.630. The Hall–Kier alpha value is -1.92. The van der Waals surface area contributed by atoms with E-state index in [1.807, 2.05) is 30.3 Å². The molecule has 0 aliphatic carbocycles. The van der Waals surface area contributed by atoms with Gasteiger partial charge in [-0.3, -0.25) is 19.3 Å². The van der Waals surface area contributed by atoms with Gasteiger partial charge >= 0.3 is 0 Å². The van der Waals surface area contributed by atoms with Crippen molar-refractivity contribution in [3.05, 3.63) is 35.9 Å². The molecule has 126 valence electrons. The van der Waals surface area contributed by atoms with Gasteiger partial charge in [0.2, 0.25) is 11.8 Å². The molecule has 1 unspecified atom stereocenters. The van der Waals surface area contributed by atoms with Crippen LogP contribution in [0.2, 0.25) is 0 Å². The molecule has 2 atom stereocenters. The van der Waals surface area contributed by atoms with Crippen molar-refractivity contribution in [2.24, 2.45) is 5.73 Å². The number of likely N-dealkylation sites (tertiary alicyclic amines) is 1. The number of nitrogens with zero attached hydrogens (tertiary/aromatic N) is 1. The minimum Gasteiger partial charge on any atom is -0.342 e. The Labute approximate surface area is 141 Å². The quantitative estimate of drug-likeness (QED) is 0.770. The highest BCUT2D eigenvalue weighted by Gasteiger charge is 2.41. The molecule has 6 nitrogen and oxygen atoms in total. The van der Waals surface area contributed by atoms with Crippen molar-refractivity contribution in [3.63, 3.8) is 0 Å². The highest BCUT2D eigenvalue weighted by Crippen LogP contribution is 2.16. The summed E-state index contributed by atoms with van der Waals surface area (Å²) in [5, 5.41) is 2.59. The first-order valence-electron chi connectivity index (χ1n) is 7.36. The first kappa shape index (κ1) is 19.1. The zero-order chi connectivity index (χ0) is 16.3. The van der Waals surface area contributed by atoms with Gasteiger partial charge in [0, 0.05) is 6.04 Å². The van der Waals surface area contributed by atoms with Crippen LogP contribution in [0.3, 0.4) is 0 Å². The fourth-order valence-corrected chi connectivity index (χ4v) is 2.55. The average molecular weight is 340 g/mol. The van der Waals surface area contributed by atoms with Gasteiger partial charge in [0.15, 0.2) is 0 Å². The fraction of sp³-hybridized carbons (Fsp3) is 0.438. The number of imide groups is 1. The Kier molecular flexibility index (Phi) is 6.72. The maximum absolute atomic E-state index is 12.1. The van der Waals surface area contributed by atoms with Crippen LogP contribution in [0.15, 0.2) is 30.3 Å². The monoisotopic (exact) mass is 339 g/mol. The van der Waals surface area contributed by atoms with Crippen LogP contribution < -0.4 is 11.1 Å². The van der Waals surface area contributed by atoms with Crippen LogP contribution in [0, 0.1) is 0 Å². The standard InChI is InChI=1S/C16H21N3O3.ClH/c1-10(2)19-14(20)9-13(16(19)22)18-15(21)12(17)8-11-6-4-3-5-7-11;/h3-7,10,12-13H,8-9,17H2,1-2H3,(H,18,21);1H/t12-,13?;/m0./s1. The van der Waals surface area contributed by atoms with E-state index in [-0.39, 0.29) is 36.7 Å². The molecule has 0 spiro atoms. The third-order valence-electron chi connectivity index (χ3n) is 3.65. The van der Waals surface area contributed by atoms with E-state index in [1.54, 1.807) is 13.8 Å². The van der Waals surface area contributed by atoms with Gasteiger partial charge in [-0.15, -0.1) is 12.4 Å². The molecule has 2 rings (SSSR count). The van der Waals surface area contributed by atoms with Crippen LogP contribution in [-0.4, -0.2) is 40.7 Å². The Morgan fingerprint density at radius 2 is 1.91 bits per heavy atom. The van der Waals surface area contributed by atoms with Gasteiger partial charge < -0.3 is 11.1 Å². The summed E-state index contributed by atoms with van der Waals surface area (Å²) in [5.41, 5.74) is 6.83. The summed E-state index contributed by atoms with van der Waals surface area (Å²) in [6.07, 6.45) is 0.385. The molecule has 1 saturated heterocycles. The molecule has 0 aromatic heterocycles. The number of halogens is 1. The van der Waals surface area contributed by atoms with Crippen molar-refractivity contribution in [2.45, 2.75) is 44.8 Å². The van der Waals surface area contributed by atoms with Crippen molar-refractivity contribution < 1.29 is 14.4 Å². The molecule has 1 aromatic rings. The molecule has 0 bridgehead atoms. The minimum atomic E-state index is -0.802. The number of hydrogen-bond donors (Lipinski definition) is 2. The Morgan fingerprint density at radius 1 is 1.30 bits per heavy atom. The van der Waals surface area contributed by atoms with E-state index < -0.39 is 18.0 Å². The topological polar surface area (TPSA) is 92.5 Å². The molecule has 1 aliphatic heterocycles. The molecule has 23 heavy (non-hydrogen) atoms. The predicted molar refractivity (Wildman–Crippen MR) is 88.9 cm³/mol. The summed E-state index contributed by atoms with van der Waals surface area (Å²) < 4.78 is 0. The van der Waals surface area contributed by atoms with Crippen molar-refractivity contribution in [3.8, 4) is 0 Å². The SMILES string of the molecule is CC(C)N1C(=O)CC(NC(=O)[C@@H](N)Cc2ccccc2)C1=O.Cl. The van der Waals surface area contributed by atoms with Gasteiger partial charge in [-0.25, -0.2) is 0 Å². The maximum atomic E-state index is 12.1. The van der Waals surface area contributed by atoms with Crippen LogP contribution in [-0.2, 0) is 20.8 Å². The van der Waals surface area contributed by atoms with Gasteiger partial charge in [-0.05, 0) is 25.8 Å². The summed E-state index contributed by atoms with van der Waals surface area (Å²) in [5.74, 6) is -1.04. The number of amides is 3. The lowest BCUT2D eigenvalue weighted by Gasteiger charge is -2.20. The molecular weight excluding hydrogens is 318 g/mol. The molecule has 3 N–H and O–H groups in total. The summed E-state index contributed by atoms with van der Waals surface area (Å²) in [6.45, 7) is 3.53. The lowest BCUT2D eigenvalue weighted by molar-refractivity contribution is -0.141. The van der Waals surface area contributed by atoms with Crippen LogP contribution in [0.4, 0.5) is 0 Å². The van der Waals surface area contributed by atoms with Crippen molar-refractivity contribution >= 4 is 30.1 Å². The zero-order valence-corrected chi connectivity index (χ0v) is 14.0. The first-order chi connectivity index (χ1) is 10.4. The van der Waals surface area contributed by atoms with Crippen LogP contribution in [0.25, 0.3) is 0 Å². The van der Waals surface area contributed by atoms with E-state index in [4.69, 9.17) is 5.73 Å². The van der Waals surface area contributed by atoms with E-state index in [1.165, 1.54) is 4.90 Å². The van der Waals surface area contributed by atoms with E-state index in [0.29, 0.717) is 6.42 Å². The number of rotatable bonds is 5. The smallest absolute Gasteiger partial charge is 0.252 e. The molecular formula is C16H22ClN3O3. The second-order valence-corrected chi connectivity index (χ2v) is 5.76. The van der Waals surface area contributed by atoms with Crippen molar-refractivity contribution in [1.29, 1.82) is 0 Å². The highest BCUT2D eigenvalue weighted by atomic mass is 35.5. The van der Waals surface area contributed by atoms with Gasteiger partial charge in [0.25, 0.3) is 5.91 Å². The number of carbonyl (C=O) groups excluding carboxylic acids is 3. The van der Waals surface area contributed by atoms with E-state index >= 15 is 0 Å². The van der Waals surface area contributed by atoms with Crippen LogP contribution in [0.5, 0.6) is 0 Å². The summed E-state index contributed by atoms with van der Waals surface area (Å²) >= 11 is 0. The van der Waals surface area contributed by atoms with Crippen LogP contribution in [0.1, 0.15) is 25.8 Å². The number of nitrogens with two attached hydrogens (primary N) is 1. The molecule has 1 fully saturated rings. The van der Waals surface area contributed by atoms with E-state index in [0.717, 1.165) is 5.56 Å². The van der Waals surface area contributed by atoms with E-state index in [2.05, 4.69) is 5.32 Å². The molecule has 1 heterocycles. The molecule has 1 aromatic carbocycles. The largest absolute Gasteiger partial charge is 0.342 e. The molecule has 0 radical (unpaired) electrons. The Morgan fingerprint density at radius 3 is 2.43 bits per heavy atom.